The molecule has 1 unspecified atom stereocenters. The van der Waals surface area contributed by atoms with E-state index in [4.69, 9.17) is 0 Å². The molecule has 142 valence electrons. The maximum atomic E-state index is 12.8. The predicted molar refractivity (Wildman–Crippen MR) is 79.2 cm³/mol. The Labute approximate surface area is 143 Å². The lowest BCUT2D eigenvalue weighted by Gasteiger charge is -2.17. The van der Waals surface area contributed by atoms with E-state index in [2.05, 4.69) is 30.2 Å². The average molecular weight is 381 g/mol. The molecule has 2 heterocycles. The molecule has 7 nitrogen and oxygen atoms in total. The van der Waals surface area contributed by atoms with Crippen molar-refractivity contribution >= 4 is 11.9 Å². The van der Waals surface area contributed by atoms with Crippen LogP contribution in [0.5, 0.6) is 0 Å². The summed E-state index contributed by atoms with van der Waals surface area (Å²) < 4.78 is 76.4. The molecule has 0 radical (unpaired) electrons. The van der Waals surface area contributed by atoms with Crippen LogP contribution in [0.3, 0.4) is 0 Å². The Hall–Kier alpha value is -2.73. The Morgan fingerprint density at radius 3 is 2.19 bits per heavy atom. The summed E-state index contributed by atoms with van der Waals surface area (Å²) in [7, 11) is 0. The van der Waals surface area contributed by atoms with E-state index in [0.717, 1.165) is 13.1 Å². The van der Waals surface area contributed by atoms with Gasteiger partial charge in [-0.3, -0.25) is 4.98 Å². The fraction of sp³-hybridized carbons (Fsp3) is 0.462. The Balaban J connectivity index is 2.45. The Bertz CT molecular complexity index is 761. The molecule has 2 aromatic rings. The van der Waals surface area contributed by atoms with Gasteiger partial charge in [-0.1, -0.05) is 0 Å². The fourth-order valence-corrected chi connectivity index (χ4v) is 1.68. The lowest BCUT2D eigenvalue weighted by molar-refractivity contribution is -0.141. The lowest BCUT2D eigenvalue weighted by atomic mass is 10.3. The maximum absolute atomic E-state index is 12.8. The maximum Gasteiger partial charge on any atom is 0.434 e. The number of halogens is 6. The summed E-state index contributed by atoms with van der Waals surface area (Å²) in [5, 5.41) is 4.70. The lowest BCUT2D eigenvalue weighted by Crippen LogP contribution is -2.34. The minimum absolute atomic E-state index is 0.117. The number of alkyl halides is 6. The van der Waals surface area contributed by atoms with Crippen molar-refractivity contribution in [3.63, 3.8) is 0 Å². The van der Waals surface area contributed by atoms with Crippen molar-refractivity contribution < 1.29 is 26.3 Å². The van der Waals surface area contributed by atoms with E-state index in [1.54, 1.807) is 6.92 Å². The van der Waals surface area contributed by atoms with Gasteiger partial charge in [0.15, 0.2) is 11.5 Å². The van der Waals surface area contributed by atoms with Gasteiger partial charge in [-0.25, -0.2) is 4.98 Å². The van der Waals surface area contributed by atoms with Gasteiger partial charge in [0.05, 0.1) is 12.4 Å². The molecule has 2 rings (SSSR count). The van der Waals surface area contributed by atoms with Crippen molar-refractivity contribution in [2.24, 2.45) is 0 Å². The first kappa shape index (κ1) is 19.6. The van der Waals surface area contributed by atoms with Gasteiger partial charge in [0.1, 0.15) is 11.7 Å². The SMILES string of the molecule is CCNc1nc(NC(C)C(F)(F)F)nc(-c2cncc(C(F)(F)F)n2)n1. The first-order valence-corrected chi connectivity index (χ1v) is 7.23. The van der Waals surface area contributed by atoms with Crippen LogP contribution in [-0.2, 0) is 6.18 Å². The number of nitrogens with one attached hydrogen (secondary N) is 2. The summed E-state index contributed by atoms with van der Waals surface area (Å²) in [6.45, 7) is 2.85. The average Bonchev–Trinajstić information content (AvgIpc) is 2.53. The molecule has 0 fully saturated rings. The zero-order chi connectivity index (χ0) is 19.5. The molecular weight excluding hydrogens is 368 g/mol. The van der Waals surface area contributed by atoms with Crippen molar-refractivity contribution in [2.75, 3.05) is 17.2 Å². The highest BCUT2D eigenvalue weighted by Gasteiger charge is 2.37. The quantitative estimate of drug-likeness (QED) is 0.770. The molecule has 0 saturated carbocycles. The zero-order valence-corrected chi connectivity index (χ0v) is 13.4. The van der Waals surface area contributed by atoms with Crippen molar-refractivity contribution in [1.29, 1.82) is 0 Å². The topological polar surface area (TPSA) is 88.5 Å². The van der Waals surface area contributed by atoms with Crippen molar-refractivity contribution in [1.82, 2.24) is 24.9 Å². The van der Waals surface area contributed by atoms with E-state index in [0.29, 0.717) is 12.7 Å². The van der Waals surface area contributed by atoms with E-state index in [9.17, 15) is 26.3 Å². The van der Waals surface area contributed by atoms with Crippen LogP contribution in [0.25, 0.3) is 11.5 Å². The molecule has 1 atom stereocenters. The van der Waals surface area contributed by atoms with Crippen LogP contribution in [0.15, 0.2) is 12.4 Å². The number of nitrogens with zero attached hydrogens (tertiary/aromatic N) is 5. The fourth-order valence-electron chi connectivity index (χ4n) is 1.68. The standard InChI is InChI=1S/C13H13F6N7/c1-3-21-10-24-9(7-4-20-5-8(23-7)13(17,18)19)25-11(26-10)22-6(2)12(14,15)16/h4-6H,3H2,1-2H3,(H2,21,22,24,25,26). The largest absolute Gasteiger partial charge is 0.434 e. The van der Waals surface area contributed by atoms with Gasteiger partial charge in [-0.2, -0.15) is 41.3 Å². The zero-order valence-electron chi connectivity index (χ0n) is 13.4. The molecule has 0 aliphatic carbocycles. The third-order valence-electron chi connectivity index (χ3n) is 2.96. The van der Waals surface area contributed by atoms with Gasteiger partial charge in [0.25, 0.3) is 0 Å². The Morgan fingerprint density at radius 1 is 0.962 bits per heavy atom. The third kappa shape index (κ3) is 4.89. The van der Waals surface area contributed by atoms with Crippen LogP contribution >= 0.6 is 0 Å². The van der Waals surface area contributed by atoms with Crippen LogP contribution in [0.4, 0.5) is 38.2 Å². The number of hydrogen-bond donors (Lipinski definition) is 2. The highest BCUT2D eigenvalue weighted by molar-refractivity contribution is 5.53. The first-order valence-electron chi connectivity index (χ1n) is 7.23. The monoisotopic (exact) mass is 381 g/mol. The van der Waals surface area contributed by atoms with Gasteiger partial charge in [0, 0.05) is 6.54 Å². The molecule has 0 spiro atoms. The van der Waals surface area contributed by atoms with Crippen LogP contribution in [0.2, 0.25) is 0 Å². The predicted octanol–water partition coefficient (Wildman–Crippen LogP) is 3.14. The van der Waals surface area contributed by atoms with E-state index in [-0.39, 0.29) is 17.5 Å². The van der Waals surface area contributed by atoms with Crippen molar-refractivity contribution in [3.8, 4) is 11.5 Å². The summed E-state index contributed by atoms with van der Waals surface area (Å²) in [6, 6.07) is -1.99. The molecule has 2 N–H and O–H groups in total. The molecule has 0 aliphatic rings. The van der Waals surface area contributed by atoms with Gasteiger partial charge < -0.3 is 10.6 Å². The summed E-state index contributed by atoms with van der Waals surface area (Å²) in [5.41, 5.74) is -1.64. The molecule has 0 bridgehead atoms. The molecule has 13 heteroatoms. The van der Waals surface area contributed by atoms with Gasteiger partial charge in [0.2, 0.25) is 11.9 Å². The molecule has 0 aromatic carbocycles. The van der Waals surface area contributed by atoms with Gasteiger partial charge >= 0.3 is 12.4 Å². The third-order valence-corrected chi connectivity index (χ3v) is 2.96. The van der Waals surface area contributed by atoms with E-state index in [1.807, 2.05) is 5.32 Å². The van der Waals surface area contributed by atoms with Crippen molar-refractivity contribution in [3.05, 3.63) is 18.1 Å². The molecule has 26 heavy (non-hydrogen) atoms. The second kappa shape index (κ2) is 7.25. The minimum Gasteiger partial charge on any atom is -0.354 e. The van der Waals surface area contributed by atoms with E-state index < -0.39 is 30.0 Å². The molecule has 0 aliphatic heterocycles. The molecule has 0 amide bonds. The normalized spacial score (nSPS) is 13.4. The first-order chi connectivity index (χ1) is 12.0. The van der Waals surface area contributed by atoms with Crippen LogP contribution in [-0.4, -0.2) is 43.7 Å². The summed E-state index contributed by atoms with van der Waals surface area (Å²) in [5.74, 6) is -0.935. The Kier molecular flexibility index (Phi) is 5.47. The summed E-state index contributed by atoms with van der Waals surface area (Å²) in [4.78, 5) is 18.1. The number of hydrogen-bond acceptors (Lipinski definition) is 7. The highest BCUT2D eigenvalue weighted by atomic mass is 19.4. The van der Waals surface area contributed by atoms with Gasteiger partial charge in [-0.15, -0.1) is 0 Å². The summed E-state index contributed by atoms with van der Waals surface area (Å²) >= 11 is 0. The molecular formula is C13H13F6N7. The number of rotatable bonds is 5. The smallest absolute Gasteiger partial charge is 0.354 e. The minimum atomic E-state index is -4.74. The van der Waals surface area contributed by atoms with Crippen LogP contribution < -0.4 is 10.6 Å². The van der Waals surface area contributed by atoms with E-state index in [1.165, 1.54) is 0 Å². The van der Waals surface area contributed by atoms with Crippen LogP contribution in [0.1, 0.15) is 19.5 Å². The molecule has 2 aromatic heterocycles. The van der Waals surface area contributed by atoms with Crippen molar-refractivity contribution in [2.45, 2.75) is 32.2 Å². The number of aromatic nitrogens is 5. The van der Waals surface area contributed by atoms with Gasteiger partial charge in [-0.05, 0) is 13.8 Å². The summed E-state index contributed by atoms with van der Waals surface area (Å²) in [6.07, 6.45) is -7.83. The number of anilines is 2. The second-order valence-electron chi connectivity index (χ2n) is 5.03. The Morgan fingerprint density at radius 2 is 1.62 bits per heavy atom. The van der Waals surface area contributed by atoms with E-state index >= 15 is 0 Å². The highest BCUT2D eigenvalue weighted by Crippen LogP contribution is 2.28. The molecule has 0 saturated heterocycles. The second-order valence-corrected chi connectivity index (χ2v) is 5.03. The van der Waals surface area contributed by atoms with Crippen LogP contribution in [0, 0.1) is 0 Å².